The number of ether oxygens (including phenoxy) is 3. The first-order valence-corrected chi connectivity index (χ1v) is 11.5. The van der Waals surface area contributed by atoms with Crippen molar-refractivity contribution >= 4 is 16.8 Å². The van der Waals surface area contributed by atoms with Crippen LogP contribution in [0.3, 0.4) is 0 Å². The number of nitrogens with zero attached hydrogens (tertiary/aromatic N) is 4. The molecule has 2 heterocycles. The van der Waals surface area contributed by atoms with Crippen LogP contribution in [0, 0.1) is 13.8 Å². The van der Waals surface area contributed by atoms with Crippen LogP contribution in [0.15, 0.2) is 47.3 Å². The lowest BCUT2D eigenvalue weighted by atomic mass is 10.1. The van der Waals surface area contributed by atoms with E-state index >= 15 is 0 Å². The van der Waals surface area contributed by atoms with Gasteiger partial charge in [-0.1, -0.05) is 24.3 Å². The Labute approximate surface area is 208 Å². The molecule has 10 heteroatoms. The van der Waals surface area contributed by atoms with Crippen LogP contribution in [0.2, 0.25) is 0 Å². The van der Waals surface area contributed by atoms with Crippen molar-refractivity contribution in [2.24, 2.45) is 0 Å². The van der Waals surface area contributed by atoms with E-state index in [4.69, 9.17) is 14.2 Å². The number of rotatable bonds is 9. The van der Waals surface area contributed by atoms with E-state index in [0.29, 0.717) is 41.3 Å². The highest BCUT2D eigenvalue weighted by atomic mass is 16.5. The SMILES string of the molecule is COc1ccc(CCNC(=O)Cn2nc(C)c3c(C)n(-c4ccccc4)nc3c2=O)c(OC)c1OC. The van der Waals surface area contributed by atoms with Gasteiger partial charge in [0, 0.05) is 12.1 Å². The first-order valence-electron chi connectivity index (χ1n) is 11.5. The van der Waals surface area contributed by atoms with Crippen LogP contribution in [-0.2, 0) is 17.8 Å². The molecule has 0 spiro atoms. The summed E-state index contributed by atoms with van der Waals surface area (Å²) in [5.74, 6) is 1.27. The molecule has 2 aromatic heterocycles. The van der Waals surface area contributed by atoms with Gasteiger partial charge < -0.3 is 19.5 Å². The Kier molecular flexibility index (Phi) is 7.23. The second-order valence-electron chi connectivity index (χ2n) is 8.20. The topological polar surface area (TPSA) is 110 Å². The molecule has 36 heavy (non-hydrogen) atoms. The summed E-state index contributed by atoms with van der Waals surface area (Å²) in [6, 6.07) is 13.2. The molecule has 0 radical (unpaired) electrons. The number of carbonyl (C=O) groups is 1. The van der Waals surface area contributed by atoms with Gasteiger partial charge in [0.05, 0.1) is 43.8 Å². The van der Waals surface area contributed by atoms with E-state index in [0.717, 1.165) is 21.6 Å². The highest BCUT2D eigenvalue weighted by Crippen LogP contribution is 2.39. The Morgan fingerprint density at radius 1 is 0.944 bits per heavy atom. The first kappa shape index (κ1) is 24.8. The monoisotopic (exact) mass is 491 g/mol. The predicted octanol–water partition coefficient (Wildman–Crippen LogP) is 2.58. The van der Waals surface area contributed by atoms with Gasteiger partial charge in [-0.2, -0.15) is 10.2 Å². The smallest absolute Gasteiger partial charge is 0.295 e. The van der Waals surface area contributed by atoms with Gasteiger partial charge in [-0.3, -0.25) is 9.59 Å². The minimum atomic E-state index is -0.412. The third-order valence-electron chi connectivity index (χ3n) is 5.98. The number of nitrogens with one attached hydrogen (secondary N) is 1. The van der Waals surface area contributed by atoms with Gasteiger partial charge in [0.25, 0.3) is 5.56 Å². The fourth-order valence-corrected chi connectivity index (χ4v) is 4.30. The van der Waals surface area contributed by atoms with Crippen molar-refractivity contribution in [1.82, 2.24) is 24.9 Å². The lowest BCUT2D eigenvalue weighted by Crippen LogP contribution is -2.35. The van der Waals surface area contributed by atoms with Gasteiger partial charge >= 0.3 is 0 Å². The Morgan fingerprint density at radius 2 is 1.67 bits per heavy atom. The summed E-state index contributed by atoms with van der Waals surface area (Å²) in [4.78, 5) is 25.8. The van der Waals surface area contributed by atoms with E-state index in [9.17, 15) is 9.59 Å². The molecule has 0 bridgehead atoms. The fourth-order valence-electron chi connectivity index (χ4n) is 4.30. The second kappa shape index (κ2) is 10.5. The van der Waals surface area contributed by atoms with Crippen LogP contribution in [0.1, 0.15) is 17.0 Å². The van der Waals surface area contributed by atoms with E-state index in [2.05, 4.69) is 15.5 Å². The summed E-state index contributed by atoms with van der Waals surface area (Å²) >= 11 is 0. The largest absolute Gasteiger partial charge is 0.493 e. The van der Waals surface area contributed by atoms with Crippen molar-refractivity contribution in [2.45, 2.75) is 26.8 Å². The van der Waals surface area contributed by atoms with E-state index in [-0.39, 0.29) is 18.0 Å². The Morgan fingerprint density at radius 3 is 2.33 bits per heavy atom. The molecule has 0 saturated carbocycles. The first-order chi connectivity index (χ1) is 17.4. The number of fused-ring (bicyclic) bond motifs is 1. The molecule has 0 aliphatic heterocycles. The maximum absolute atomic E-state index is 13.1. The highest BCUT2D eigenvalue weighted by molar-refractivity contribution is 5.83. The maximum atomic E-state index is 13.1. The van der Waals surface area contributed by atoms with Gasteiger partial charge in [0.15, 0.2) is 17.0 Å². The molecule has 188 valence electrons. The lowest BCUT2D eigenvalue weighted by molar-refractivity contribution is -0.121. The molecule has 4 aromatic rings. The van der Waals surface area contributed by atoms with E-state index in [1.165, 1.54) is 0 Å². The standard InChI is InChI=1S/C26H29N5O5/c1-16-22-17(2)31(19-9-7-6-8-10-19)29-23(22)26(33)30(28-16)15-21(32)27-14-13-18-11-12-20(34-3)25(36-5)24(18)35-4/h6-12H,13-15H2,1-5H3,(H,27,32). The summed E-state index contributed by atoms with van der Waals surface area (Å²) in [5.41, 5.74) is 3.02. The third-order valence-corrected chi connectivity index (χ3v) is 5.98. The van der Waals surface area contributed by atoms with Crippen LogP contribution in [0.25, 0.3) is 16.6 Å². The van der Waals surface area contributed by atoms with Crippen LogP contribution in [0.5, 0.6) is 17.2 Å². The number of benzene rings is 2. The summed E-state index contributed by atoms with van der Waals surface area (Å²) in [7, 11) is 4.65. The predicted molar refractivity (Wildman–Crippen MR) is 135 cm³/mol. The van der Waals surface area contributed by atoms with Gasteiger partial charge in [-0.05, 0) is 38.5 Å². The molecular weight excluding hydrogens is 462 g/mol. The molecule has 0 atom stereocenters. The zero-order chi connectivity index (χ0) is 25.8. The van der Waals surface area contributed by atoms with Gasteiger partial charge in [-0.25, -0.2) is 9.36 Å². The summed E-state index contributed by atoms with van der Waals surface area (Å²) in [6.45, 7) is 3.83. The van der Waals surface area contributed by atoms with Crippen LogP contribution >= 0.6 is 0 Å². The zero-order valence-electron chi connectivity index (χ0n) is 21.0. The van der Waals surface area contributed by atoms with Crippen LogP contribution in [0.4, 0.5) is 0 Å². The quantitative estimate of drug-likeness (QED) is 0.383. The van der Waals surface area contributed by atoms with Gasteiger partial charge in [0.1, 0.15) is 6.54 Å². The average molecular weight is 492 g/mol. The van der Waals surface area contributed by atoms with Crippen molar-refractivity contribution in [1.29, 1.82) is 0 Å². The van der Waals surface area contributed by atoms with Crippen molar-refractivity contribution < 1.29 is 19.0 Å². The van der Waals surface area contributed by atoms with Crippen LogP contribution < -0.4 is 25.1 Å². The average Bonchev–Trinajstić information content (AvgIpc) is 3.24. The summed E-state index contributed by atoms with van der Waals surface area (Å²) in [5, 5.41) is 12.5. The van der Waals surface area contributed by atoms with Crippen molar-refractivity contribution in [3.63, 3.8) is 0 Å². The summed E-state index contributed by atoms with van der Waals surface area (Å²) in [6.07, 6.45) is 0.496. The molecule has 0 fully saturated rings. The number of hydrogen-bond acceptors (Lipinski definition) is 7. The van der Waals surface area contributed by atoms with Gasteiger partial charge in [0.2, 0.25) is 11.7 Å². The van der Waals surface area contributed by atoms with E-state index in [1.807, 2.05) is 50.2 Å². The Balaban J connectivity index is 1.50. The molecule has 0 aliphatic rings. The molecule has 4 rings (SSSR count). The molecule has 1 N–H and O–H groups in total. The number of hydrogen-bond donors (Lipinski definition) is 1. The molecule has 10 nitrogen and oxygen atoms in total. The van der Waals surface area contributed by atoms with Crippen molar-refractivity contribution in [2.75, 3.05) is 27.9 Å². The summed E-state index contributed by atoms with van der Waals surface area (Å²) < 4.78 is 19.1. The number of aromatic nitrogens is 4. The molecule has 1 amide bonds. The van der Waals surface area contributed by atoms with Crippen molar-refractivity contribution in [3.8, 4) is 22.9 Å². The third kappa shape index (κ3) is 4.61. The second-order valence-corrected chi connectivity index (χ2v) is 8.20. The number of aryl methyl sites for hydroxylation is 2. The molecule has 0 unspecified atom stereocenters. The normalized spacial score (nSPS) is 10.9. The number of methoxy groups -OCH3 is 3. The van der Waals surface area contributed by atoms with E-state index in [1.54, 1.807) is 32.1 Å². The number of amides is 1. The maximum Gasteiger partial charge on any atom is 0.295 e. The van der Waals surface area contributed by atoms with Gasteiger partial charge in [-0.15, -0.1) is 0 Å². The highest BCUT2D eigenvalue weighted by Gasteiger charge is 2.19. The molecule has 0 aliphatic carbocycles. The molecular formula is C26H29N5O5. The zero-order valence-corrected chi connectivity index (χ0v) is 21.0. The Hall–Kier alpha value is -4.34. The number of para-hydroxylation sites is 1. The van der Waals surface area contributed by atoms with Crippen LogP contribution in [-0.4, -0.2) is 53.3 Å². The minimum Gasteiger partial charge on any atom is -0.493 e. The fraction of sp³-hybridized carbons (Fsp3) is 0.308. The van der Waals surface area contributed by atoms with Crippen molar-refractivity contribution in [3.05, 3.63) is 69.8 Å². The lowest BCUT2D eigenvalue weighted by Gasteiger charge is -2.16. The Bertz CT molecular complexity index is 1460. The van der Waals surface area contributed by atoms with E-state index < -0.39 is 5.56 Å². The minimum absolute atomic E-state index is 0.212. The number of carbonyl (C=O) groups excluding carboxylic acids is 1. The molecule has 2 aromatic carbocycles. The molecule has 0 saturated heterocycles.